The highest BCUT2D eigenvalue weighted by Gasteiger charge is 2.11. The van der Waals surface area contributed by atoms with Crippen molar-refractivity contribution in [3.8, 4) is 11.4 Å². The van der Waals surface area contributed by atoms with E-state index in [0.29, 0.717) is 34.3 Å². The Kier molecular flexibility index (Phi) is 7.40. The van der Waals surface area contributed by atoms with Gasteiger partial charge in [-0.05, 0) is 55.6 Å². The summed E-state index contributed by atoms with van der Waals surface area (Å²) in [6.45, 7) is 7.45. The van der Waals surface area contributed by atoms with Crippen LogP contribution in [0.5, 0.6) is 0 Å². The molecule has 0 spiro atoms. The number of hydrogen-bond donors (Lipinski definition) is 3. The molecular weight excluding hydrogens is 455 g/mol. The highest BCUT2D eigenvalue weighted by molar-refractivity contribution is 6.33. The highest BCUT2D eigenvalue weighted by atomic mass is 35.5. The minimum atomic E-state index is -0.296. The minimum absolute atomic E-state index is 0.169. The molecule has 9 heteroatoms. The Hall–Kier alpha value is -3.49. The Bertz CT molecular complexity index is 1300. The number of amides is 1. The van der Waals surface area contributed by atoms with Crippen molar-refractivity contribution in [1.82, 2.24) is 25.2 Å². The summed E-state index contributed by atoms with van der Waals surface area (Å²) < 4.78 is 13.5. The Morgan fingerprint density at radius 1 is 1.12 bits per heavy atom. The van der Waals surface area contributed by atoms with Crippen molar-refractivity contribution < 1.29 is 9.18 Å². The average molecular weight is 481 g/mol. The van der Waals surface area contributed by atoms with Crippen LogP contribution in [0.15, 0.2) is 54.9 Å². The lowest BCUT2D eigenvalue weighted by Gasteiger charge is -2.18. The van der Waals surface area contributed by atoms with Crippen LogP contribution >= 0.6 is 11.6 Å². The van der Waals surface area contributed by atoms with Crippen LogP contribution in [0.4, 0.5) is 15.9 Å². The van der Waals surface area contributed by atoms with Crippen molar-refractivity contribution in [1.29, 1.82) is 0 Å². The normalized spacial score (nSPS) is 11.2. The first-order valence-corrected chi connectivity index (χ1v) is 11.5. The van der Waals surface area contributed by atoms with Gasteiger partial charge < -0.3 is 20.5 Å². The number of H-pyrrole nitrogens is 1. The van der Waals surface area contributed by atoms with Crippen LogP contribution in [0.2, 0.25) is 5.02 Å². The fraction of sp³-hybridized carbons (Fsp3) is 0.240. The summed E-state index contributed by atoms with van der Waals surface area (Å²) in [4.78, 5) is 26.8. The number of benzene rings is 2. The molecule has 0 aliphatic rings. The third-order valence-corrected chi connectivity index (χ3v) is 5.91. The molecule has 0 aliphatic carbocycles. The topological polar surface area (TPSA) is 85.9 Å². The molecule has 2 aromatic carbocycles. The molecule has 0 fully saturated rings. The third kappa shape index (κ3) is 5.52. The number of carbonyl (C=O) groups is 1. The smallest absolute Gasteiger partial charge is 0.251 e. The van der Waals surface area contributed by atoms with Crippen LogP contribution in [0.1, 0.15) is 24.2 Å². The van der Waals surface area contributed by atoms with Gasteiger partial charge in [-0.25, -0.2) is 9.37 Å². The van der Waals surface area contributed by atoms with Gasteiger partial charge in [0.1, 0.15) is 17.3 Å². The summed E-state index contributed by atoms with van der Waals surface area (Å²) in [7, 11) is 0. The Morgan fingerprint density at radius 3 is 2.71 bits per heavy atom. The SMILES string of the molecule is CCN(CC)CCNC(=O)c1ccc(Nc2cncc(-c3cc4cc(F)ccc4[nH]3)n2)c(Cl)c1. The number of aromatic amines is 1. The first-order chi connectivity index (χ1) is 16.5. The number of likely N-dealkylation sites (N-methyl/N-ethyl adjacent to an activating group) is 1. The molecule has 176 valence electrons. The fourth-order valence-electron chi connectivity index (χ4n) is 3.66. The second-order valence-electron chi connectivity index (χ2n) is 7.81. The predicted molar refractivity (Wildman–Crippen MR) is 134 cm³/mol. The van der Waals surface area contributed by atoms with Crippen LogP contribution < -0.4 is 10.6 Å². The first-order valence-electron chi connectivity index (χ1n) is 11.1. The number of halogens is 2. The van der Waals surface area contributed by atoms with Gasteiger partial charge in [0.2, 0.25) is 0 Å². The molecule has 2 aromatic heterocycles. The van der Waals surface area contributed by atoms with E-state index in [-0.39, 0.29) is 11.7 Å². The van der Waals surface area contributed by atoms with Crippen molar-refractivity contribution in [2.45, 2.75) is 13.8 Å². The highest BCUT2D eigenvalue weighted by Crippen LogP contribution is 2.28. The van der Waals surface area contributed by atoms with Crippen LogP contribution in [0.25, 0.3) is 22.3 Å². The first kappa shape index (κ1) is 23.7. The zero-order valence-electron chi connectivity index (χ0n) is 19.0. The zero-order chi connectivity index (χ0) is 24.1. The van der Waals surface area contributed by atoms with E-state index in [1.807, 2.05) is 6.07 Å². The Morgan fingerprint density at radius 2 is 1.94 bits per heavy atom. The standard InChI is InChI=1S/C25H26ClFN6O/c1-3-33(4-2)10-9-29-25(34)16-5-7-21(19(26)12-16)31-24-15-28-14-23(32-24)22-13-17-11-18(27)6-8-20(17)30-22/h5-8,11-15,30H,3-4,9-10H2,1-2H3,(H,29,34)(H,31,32). The van der Waals surface area contributed by atoms with Crippen LogP contribution in [-0.4, -0.2) is 51.9 Å². The monoisotopic (exact) mass is 480 g/mol. The molecule has 0 atom stereocenters. The van der Waals surface area contributed by atoms with Gasteiger partial charge >= 0.3 is 0 Å². The van der Waals surface area contributed by atoms with E-state index < -0.39 is 0 Å². The van der Waals surface area contributed by atoms with Gasteiger partial charge in [-0.3, -0.25) is 9.78 Å². The van der Waals surface area contributed by atoms with Crippen molar-refractivity contribution >= 4 is 39.9 Å². The lowest BCUT2D eigenvalue weighted by atomic mass is 10.2. The van der Waals surface area contributed by atoms with Crippen molar-refractivity contribution in [3.05, 3.63) is 71.3 Å². The van der Waals surface area contributed by atoms with Crippen molar-refractivity contribution in [2.75, 3.05) is 31.5 Å². The number of carbonyl (C=O) groups excluding carboxylic acids is 1. The van der Waals surface area contributed by atoms with Crippen molar-refractivity contribution in [3.63, 3.8) is 0 Å². The predicted octanol–water partition coefficient (Wildman–Crippen LogP) is 5.23. The Balaban J connectivity index is 1.45. The molecule has 7 nitrogen and oxygen atoms in total. The van der Waals surface area contributed by atoms with E-state index in [9.17, 15) is 9.18 Å². The number of fused-ring (bicyclic) bond motifs is 1. The van der Waals surface area contributed by atoms with E-state index in [1.54, 1.807) is 36.7 Å². The maximum absolute atomic E-state index is 13.5. The molecule has 0 saturated heterocycles. The molecule has 0 unspecified atom stereocenters. The van der Waals surface area contributed by atoms with Crippen LogP contribution in [0, 0.1) is 5.82 Å². The lowest BCUT2D eigenvalue weighted by Crippen LogP contribution is -2.34. The Labute approximate surface area is 202 Å². The average Bonchev–Trinajstić information content (AvgIpc) is 3.26. The fourth-order valence-corrected chi connectivity index (χ4v) is 3.89. The van der Waals surface area contributed by atoms with E-state index in [4.69, 9.17) is 11.6 Å². The number of rotatable bonds is 9. The number of nitrogens with one attached hydrogen (secondary N) is 3. The molecule has 3 N–H and O–H groups in total. The second-order valence-corrected chi connectivity index (χ2v) is 8.21. The maximum atomic E-state index is 13.5. The molecular formula is C25H26ClFN6O. The second kappa shape index (κ2) is 10.6. The van der Waals surface area contributed by atoms with E-state index in [2.05, 4.69) is 44.3 Å². The summed E-state index contributed by atoms with van der Waals surface area (Å²) in [5.74, 6) is 0.0218. The van der Waals surface area contributed by atoms with E-state index in [1.165, 1.54) is 12.1 Å². The molecule has 4 rings (SSSR count). The van der Waals surface area contributed by atoms with E-state index >= 15 is 0 Å². The van der Waals surface area contributed by atoms with Gasteiger partial charge in [0, 0.05) is 29.6 Å². The van der Waals surface area contributed by atoms with Gasteiger partial charge in [0.25, 0.3) is 5.91 Å². The quantitative estimate of drug-likeness (QED) is 0.305. The summed E-state index contributed by atoms with van der Waals surface area (Å²) in [6.07, 6.45) is 3.20. The third-order valence-electron chi connectivity index (χ3n) is 5.60. The summed E-state index contributed by atoms with van der Waals surface area (Å²) in [6, 6.07) is 11.5. The van der Waals surface area contributed by atoms with Gasteiger partial charge in [-0.1, -0.05) is 25.4 Å². The van der Waals surface area contributed by atoms with E-state index in [0.717, 1.165) is 36.2 Å². The van der Waals surface area contributed by atoms with Gasteiger partial charge in [0.05, 0.1) is 28.8 Å². The molecule has 0 radical (unpaired) electrons. The number of hydrogen-bond acceptors (Lipinski definition) is 5. The molecule has 1 amide bonds. The minimum Gasteiger partial charge on any atom is -0.353 e. The van der Waals surface area contributed by atoms with Crippen LogP contribution in [0.3, 0.4) is 0 Å². The zero-order valence-corrected chi connectivity index (χ0v) is 19.8. The van der Waals surface area contributed by atoms with Gasteiger partial charge in [-0.15, -0.1) is 0 Å². The molecule has 4 aromatic rings. The summed E-state index contributed by atoms with van der Waals surface area (Å²) >= 11 is 6.44. The number of aromatic nitrogens is 3. The molecule has 0 bridgehead atoms. The molecule has 0 saturated carbocycles. The van der Waals surface area contributed by atoms with Gasteiger partial charge in [0.15, 0.2) is 0 Å². The van der Waals surface area contributed by atoms with Gasteiger partial charge in [-0.2, -0.15) is 0 Å². The number of anilines is 2. The largest absolute Gasteiger partial charge is 0.353 e. The molecule has 0 aliphatic heterocycles. The molecule has 34 heavy (non-hydrogen) atoms. The lowest BCUT2D eigenvalue weighted by molar-refractivity contribution is 0.0949. The molecule has 2 heterocycles. The van der Waals surface area contributed by atoms with Crippen LogP contribution in [-0.2, 0) is 0 Å². The summed E-state index contributed by atoms with van der Waals surface area (Å²) in [5, 5.41) is 7.22. The number of nitrogens with zero attached hydrogens (tertiary/aromatic N) is 3. The summed E-state index contributed by atoms with van der Waals surface area (Å²) in [5.41, 5.74) is 3.22. The maximum Gasteiger partial charge on any atom is 0.251 e. The van der Waals surface area contributed by atoms with Crippen molar-refractivity contribution in [2.24, 2.45) is 0 Å².